The van der Waals surface area contributed by atoms with Gasteiger partial charge in [0.05, 0.1) is 53.2 Å². The molecule has 11 nitrogen and oxygen atoms in total. The second-order valence-electron chi connectivity index (χ2n) is 10.9. The summed E-state index contributed by atoms with van der Waals surface area (Å²) in [6.45, 7) is 7.40. The first-order valence-corrected chi connectivity index (χ1v) is 17.7. The van der Waals surface area contributed by atoms with Crippen molar-refractivity contribution in [2.45, 2.75) is 40.3 Å². The molecule has 0 unspecified atom stereocenters. The van der Waals surface area contributed by atoms with Gasteiger partial charge in [0.2, 0.25) is 0 Å². The molecular formula is C37H36BrFN2O9S. The van der Waals surface area contributed by atoms with Crippen molar-refractivity contribution in [2.75, 3.05) is 33.5 Å². The van der Waals surface area contributed by atoms with Gasteiger partial charge >= 0.3 is 11.9 Å². The van der Waals surface area contributed by atoms with Gasteiger partial charge in [-0.05, 0) is 91.2 Å². The number of esters is 2. The fourth-order valence-corrected chi connectivity index (χ4v) is 7.00. The number of aromatic nitrogens is 1. The fourth-order valence-electron chi connectivity index (χ4n) is 5.38. The highest BCUT2D eigenvalue weighted by molar-refractivity contribution is 9.10. The summed E-state index contributed by atoms with van der Waals surface area (Å²) < 4.78 is 50.1. The summed E-state index contributed by atoms with van der Waals surface area (Å²) in [5.74, 6) is -0.176. The summed E-state index contributed by atoms with van der Waals surface area (Å²) in [6, 6.07) is 13.9. The Labute approximate surface area is 305 Å². The number of halogens is 2. The van der Waals surface area contributed by atoms with E-state index in [9.17, 15) is 18.8 Å². The number of hydrogen-bond donors (Lipinski definition) is 0. The van der Waals surface area contributed by atoms with Crippen LogP contribution in [-0.4, -0.2) is 50.0 Å². The number of carbonyl (C=O) groups excluding carboxylic acids is 2. The zero-order valence-corrected chi connectivity index (χ0v) is 31.0. The highest BCUT2D eigenvalue weighted by Crippen LogP contribution is 2.39. The van der Waals surface area contributed by atoms with Crippen molar-refractivity contribution < 1.29 is 42.4 Å². The van der Waals surface area contributed by atoms with Crippen LogP contribution in [0.2, 0.25) is 0 Å². The van der Waals surface area contributed by atoms with E-state index in [1.807, 2.05) is 6.92 Å². The van der Waals surface area contributed by atoms with Crippen LogP contribution in [-0.2, 0) is 25.7 Å². The molecule has 0 spiro atoms. The van der Waals surface area contributed by atoms with Gasteiger partial charge in [-0.15, -0.1) is 0 Å². The third kappa shape index (κ3) is 8.34. The van der Waals surface area contributed by atoms with E-state index in [2.05, 4.69) is 25.7 Å². The van der Waals surface area contributed by atoms with Crippen molar-refractivity contribution in [1.82, 2.24) is 4.57 Å². The Kier molecular flexibility index (Phi) is 12.3. The molecule has 0 saturated heterocycles. The number of rotatable bonds is 14. The predicted molar refractivity (Wildman–Crippen MR) is 192 cm³/mol. The van der Waals surface area contributed by atoms with Gasteiger partial charge in [-0.1, -0.05) is 35.6 Å². The van der Waals surface area contributed by atoms with Crippen LogP contribution in [0.4, 0.5) is 4.39 Å². The summed E-state index contributed by atoms with van der Waals surface area (Å²) in [6.07, 6.45) is 1.70. The Bertz CT molecular complexity index is 2160. The summed E-state index contributed by atoms with van der Waals surface area (Å²) in [5, 5.41) is 0. The molecule has 5 rings (SSSR count). The highest BCUT2D eigenvalue weighted by Gasteiger charge is 2.34. The number of fused-ring (bicyclic) bond motifs is 1. The van der Waals surface area contributed by atoms with Gasteiger partial charge in [0.15, 0.2) is 34.4 Å². The van der Waals surface area contributed by atoms with Gasteiger partial charge < -0.3 is 28.4 Å². The first-order chi connectivity index (χ1) is 24.6. The molecule has 1 aliphatic heterocycles. The van der Waals surface area contributed by atoms with Crippen molar-refractivity contribution in [2.24, 2.45) is 4.99 Å². The minimum atomic E-state index is -0.920. The lowest BCUT2D eigenvalue weighted by Crippen LogP contribution is -2.40. The Morgan fingerprint density at radius 1 is 0.961 bits per heavy atom. The normalized spacial score (nSPS) is 14.0. The molecule has 0 radical (unpaired) electrons. The number of methoxy groups -OCH3 is 1. The van der Waals surface area contributed by atoms with E-state index >= 15 is 0 Å². The molecule has 0 N–H and O–H groups in total. The fraction of sp³-hybridized carbons (Fsp3) is 0.297. The number of carbonyl (C=O) groups is 2. The number of thiazole rings is 1. The lowest BCUT2D eigenvalue weighted by Gasteiger charge is -2.25. The van der Waals surface area contributed by atoms with Crippen molar-refractivity contribution in [3.05, 3.63) is 113 Å². The largest absolute Gasteiger partial charge is 0.490 e. The van der Waals surface area contributed by atoms with Crippen LogP contribution in [0.1, 0.15) is 50.4 Å². The van der Waals surface area contributed by atoms with Crippen LogP contribution in [0, 0.1) is 5.82 Å². The van der Waals surface area contributed by atoms with E-state index in [4.69, 9.17) is 23.7 Å². The Balaban J connectivity index is 1.60. The number of ether oxygens (including phenoxy) is 6. The topological polar surface area (TPSA) is 124 Å². The molecule has 0 fully saturated rings. The molecule has 268 valence electrons. The molecule has 3 aromatic carbocycles. The van der Waals surface area contributed by atoms with E-state index in [-0.39, 0.29) is 43.6 Å². The molecule has 51 heavy (non-hydrogen) atoms. The Morgan fingerprint density at radius 3 is 2.41 bits per heavy atom. The number of benzene rings is 3. The Hall–Kier alpha value is -4.95. The third-order valence-electron chi connectivity index (χ3n) is 7.63. The third-order valence-corrected chi connectivity index (χ3v) is 9.20. The summed E-state index contributed by atoms with van der Waals surface area (Å²) in [7, 11) is 1.26. The summed E-state index contributed by atoms with van der Waals surface area (Å²) in [5.41, 5.74) is 1.74. The zero-order chi connectivity index (χ0) is 36.7. The van der Waals surface area contributed by atoms with E-state index in [0.717, 1.165) is 11.3 Å². The average Bonchev–Trinajstić information content (AvgIpc) is 3.40. The molecular weight excluding hydrogens is 747 g/mol. The minimum Gasteiger partial charge on any atom is -0.490 e. The zero-order valence-electron chi connectivity index (χ0n) is 28.6. The highest BCUT2D eigenvalue weighted by atomic mass is 79.9. The van der Waals surface area contributed by atoms with Crippen molar-refractivity contribution >= 4 is 45.3 Å². The van der Waals surface area contributed by atoms with Crippen LogP contribution in [0.3, 0.4) is 0 Å². The maximum atomic E-state index is 14.3. The van der Waals surface area contributed by atoms with Gasteiger partial charge in [0.25, 0.3) is 5.56 Å². The van der Waals surface area contributed by atoms with Gasteiger partial charge in [0.1, 0.15) is 12.4 Å². The van der Waals surface area contributed by atoms with Crippen LogP contribution < -0.4 is 33.8 Å². The van der Waals surface area contributed by atoms with Crippen LogP contribution in [0.15, 0.2) is 80.1 Å². The first-order valence-electron chi connectivity index (χ1n) is 16.1. The lowest BCUT2D eigenvalue weighted by molar-refractivity contribution is -0.143. The average molecular weight is 784 g/mol. The van der Waals surface area contributed by atoms with Crippen molar-refractivity contribution in [3.63, 3.8) is 0 Å². The second kappa shape index (κ2) is 16.8. The van der Waals surface area contributed by atoms with Gasteiger partial charge in [-0.25, -0.2) is 19.0 Å². The van der Waals surface area contributed by atoms with E-state index in [0.29, 0.717) is 60.0 Å². The van der Waals surface area contributed by atoms with Crippen LogP contribution >= 0.6 is 27.3 Å². The Morgan fingerprint density at radius 2 is 1.71 bits per heavy atom. The van der Waals surface area contributed by atoms with Crippen LogP contribution in [0.5, 0.6) is 23.0 Å². The molecule has 1 aromatic heterocycles. The monoisotopic (exact) mass is 782 g/mol. The molecule has 0 amide bonds. The number of nitrogens with zero attached hydrogens (tertiary/aromatic N) is 2. The quantitative estimate of drug-likeness (QED) is 0.150. The van der Waals surface area contributed by atoms with Gasteiger partial charge in [-0.3, -0.25) is 9.36 Å². The molecule has 4 aromatic rings. The second-order valence-corrected chi connectivity index (χ2v) is 12.8. The minimum absolute atomic E-state index is 0.0190. The SMILES string of the molecule is CCOC(=O)C1=C(C)N=c2s/c(=C\c3cc(Br)c(OCc4ccccc4F)c(OCC)c3)c(=O)n2[C@@H]1c1ccc(OCC(=O)OC)c(OCC)c1. The number of allylic oxidation sites excluding steroid dienone is 1. The summed E-state index contributed by atoms with van der Waals surface area (Å²) >= 11 is 4.72. The molecule has 0 saturated carbocycles. The van der Waals surface area contributed by atoms with Gasteiger partial charge in [-0.2, -0.15) is 0 Å². The maximum absolute atomic E-state index is 14.3. The van der Waals surface area contributed by atoms with Crippen LogP contribution in [0.25, 0.3) is 6.08 Å². The predicted octanol–water partition coefficient (Wildman–Crippen LogP) is 5.63. The standard InChI is InChI=1S/C37H36BrFN2O9S/c1-6-46-28-18-23(13-14-27(28)49-20-31(42)45-5)33-32(36(44)48-8-3)21(4)40-37-41(33)35(43)30(51-37)17-22-15-25(38)34(29(16-22)47-7-2)50-19-24-11-9-10-12-26(24)39/h9-18,33H,6-8,19-20H2,1-5H3/b30-17-/t33-/m1/s1. The smallest absolute Gasteiger partial charge is 0.343 e. The van der Waals surface area contributed by atoms with Crippen molar-refractivity contribution in [1.29, 1.82) is 0 Å². The molecule has 14 heteroatoms. The lowest BCUT2D eigenvalue weighted by atomic mass is 9.95. The molecule has 2 heterocycles. The van der Waals surface area contributed by atoms with E-state index in [1.54, 1.807) is 75.4 Å². The van der Waals surface area contributed by atoms with E-state index in [1.165, 1.54) is 17.7 Å². The first kappa shape index (κ1) is 37.3. The molecule has 1 atom stereocenters. The molecule has 0 bridgehead atoms. The van der Waals surface area contributed by atoms with E-state index < -0.39 is 23.5 Å². The van der Waals surface area contributed by atoms with Crippen molar-refractivity contribution in [3.8, 4) is 23.0 Å². The molecule has 0 aliphatic carbocycles. The summed E-state index contributed by atoms with van der Waals surface area (Å²) in [4.78, 5) is 44.5. The molecule has 1 aliphatic rings. The van der Waals surface area contributed by atoms with Gasteiger partial charge in [0, 0.05) is 5.56 Å². The maximum Gasteiger partial charge on any atom is 0.343 e. The number of hydrogen-bond acceptors (Lipinski definition) is 11.